The van der Waals surface area contributed by atoms with Gasteiger partial charge in [0.25, 0.3) is 0 Å². The Hall–Kier alpha value is -0.745. The zero-order chi connectivity index (χ0) is 16.5. The SMILES string of the molecule is CC1(C)OB(C(=Cc2cccc(Cl)c2C=O)CS)OC1(C)C. The number of aldehydes is 1. The predicted octanol–water partition coefficient (Wildman–Crippen LogP) is 4.10. The van der Waals surface area contributed by atoms with Crippen molar-refractivity contribution >= 4 is 43.7 Å². The molecule has 1 aromatic carbocycles. The molecule has 22 heavy (non-hydrogen) atoms. The molecule has 0 unspecified atom stereocenters. The zero-order valence-electron chi connectivity index (χ0n) is 13.2. The fourth-order valence-electron chi connectivity index (χ4n) is 2.19. The Morgan fingerprint density at radius 2 is 1.86 bits per heavy atom. The lowest BCUT2D eigenvalue weighted by Crippen LogP contribution is -2.41. The van der Waals surface area contributed by atoms with Gasteiger partial charge in [0, 0.05) is 11.3 Å². The van der Waals surface area contributed by atoms with Crippen molar-refractivity contribution in [2.24, 2.45) is 0 Å². The van der Waals surface area contributed by atoms with Crippen LogP contribution in [0.1, 0.15) is 43.6 Å². The summed E-state index contributed by atoms with van der Waals surface area (Å²) >= 11 is 10.4. The second-order valence-corrected chi connectivity index (χ2v) is 7.05. The third-order valence-electron chi connectivity index (χ3n) is 4.28. The van der Waals surface area contributed by atoms with Crippen LogP contribution in [0.15, 0.2) is 23.7 Å². The van der Waals surface area contributed by atoms with Crippen molar-refractivity contribution in [2.75, 3.05) is 5.75 Å². The summed E-state index contributed by atoms with van der Waals surface area (Å²) in [6, 6.07) is 5.34. The number of carbonyl (C=O) groups is 1. The molecule has 0 saturated carbocycles. The van der Waals surface area contributed by atoms with Crippen LogP contribution in [0.5, 0.6) is 0 Å². The van der Waals surface area contributed by atoms with Crippen LogP contribution in [0.2, 0.25) is 5.02 Å². The van der Waals surface area contributed by atoms with E-state index in [-0.39, 0.29) is 0 Å². The first-order valence-electron chi connectivity index (χ1n) is 7.12. The van der Waals surface area contributed by atoms with E-state index in [1.54, 1.807) is 6.07 Å². The highest BCUT2D eigenvalue weighted by atomic mass is 35.5. The molecule has 1 aliphatic heterocycles. The second kappa shape index (κ2) is 6.40. The molecule has 1 fully saturated rings. The zero-order valence-corrected chi connectivity index (χ0v) is 14.9. The molecule has 1 aromatic rings. The molecule has 0 aliphatic carbocycles. The van der Waals surface area contributed by atoms with Gasteiger partial charge in [0.05, 0.1) is 16.2 Å². The van der Waals surface area contributed by atoms with Crippen molar-refractivity contribution in [3.05, 3.63) is 39.8 Å². The third kappa shape index (κ3) is 3.28. The average Bonchev–Trinajstić information content (AvgIpc) is 2.64. The monoisotopic (exact) mass is 338 g/mol. The molecule has 1 heterocycles. The maximum atomic E-state index is 11.3. The largest absolute Gasteiger partial charge is 0.491 e. The van der Waals surface area contributed by atoms with E-state index in [0.717, 1.165) is 17.3 Å². The van der Waals surface area contributed by atoms with E-state index in [0.29, 0.717) is 16.3 Å². The number of thiol groups is 1. The lowest BCUT2D eigenvalue weighted by atomic mass is 9.78. The van der Waals surface area contributed by atoms with E-state index in [9.17, 15) is 4.79 Å². The van der Waals surface area contributed by atoms with Crippen LogP contribution in [0, 0.1) is 0 Å². The Morgan fingerprint density at radius 3 is 2.36 bits per heavy atom. The van der Waals surface area contributed by atoms with Gasteiger partial charge >= 0.3 is 7.12 Å². The molecule has 0 N–H and O–H groups in total. The van der Waals surface area contributed by atoms with Crippen molar-refractivity contribution in [1.29, 1.82) is 0 Å². The first-order valence-corrected chi connectivity index (χ1v) is 8.13. The normalized spacial score (nSPS) is 20.3. The molecular formula is C16H20BClO3S. The van der Waals surface area contributed by atoms with Gasteiger partial charge in [-0.2, -0.15) is 12.6 Å². The van der Waals surface area contributed by atoms with Crippen LogP contribution < -0.4 is 0 Å². The Bertz CT molecular complexity index is 597. The van der Waals surface area contributed by atoms with Gasteiger partial charge in [-0.1, -0.05) is 29.8 Å². The average molecular weight is 339 g/mol. The Balaban J connectivity index is 2.38. The van der Waals surface area contributed by atoms with Crippen LogP contribution in [0.25, 0.3) is 6.08 Å². The van der Waals surface area contributed by atoms with Crippen molar-refractivity contribution in [3.8, 4) is 0 Å². The first-order chi connectivity index (χ1) is 10.2. The van der Waals surface area contributed by atoms with E-state index in [1.807, 2.05) is 45.9 Å². The summed E-state index contributed by atoms with van der Waals surface area (Å²) in [4.78, 5) is 11.3. The maximum absolute atomic E-state index is 11.3. The van der Waals surface area contributed by atoms with Crippen LogP contribution in [0.4, 0.5) is 0 Å². The summed E-state index contributed by atoms with van der Waals surface area (Å²) < 4.78 is 12.1. The smallest absolute Gasteiger partial charge is 0.400 e. The number of benzene rings is 1. The number of hydrogen-bond donors (Lipinski definition) is 1. The van der Waals surface area contributed by atoms with Gasteiger partial charge in [-0.25, -0.2) is 0 Å². The highest BCUT2D eigenvalue weighted by Gasteiger charge is 2.52. The molecule has 0 amide bonds. The van der Waals surface area contributed by atoms with E-state index in [1.165, 1.54) is 0 Å². The quantitative estimate of drug-likeness (QED) is 0.510. The molecule has 0 aromatic heterocycles. The van der Waals surface area contributed by atoms with Crippen LogP contribution in [0.3, 0.4) is 0 Å². The summed E-state index contributed by atoms with van der Waals surface area (Å²) in [5.41, 5.74) is 1.22. The van der Waals surface area contributed by atoms with Gasteiger partial charge in [0.1, 0.15) is 0 Å². The third-order valence-corrected chi connectivity index (χ3v) is 4.98. The van der Waals surface area contributed by atoms with Crippen LogP contribution in [-0.2, 0) is 9.31 Å². The second-order valence-electron chi connectivity index (χ2n) is 6.33. The maximum Gasteiger partial charge on any atom is 0.491 e. The molecule has 6 heteroatoms. The van der Waals surface area contributed by atoms with Crippen molar-refractivity contribution in [3.63, 3.8) is 0 Å². The van der Waals surface area contributed by atoms with Gasteiger partial charge in [-0.15, -0.1) is 0 Å². The van der Waals surface area contributed by atoms with Gasteiger partial charge < -0.3 is 9.31 Å². The summed E-state index contributed by atoms with van der Waals surface area (Å²) in [7, 11) is -0.485. The molecular weight excluding hydrogens is 319 g/mol. The standard InChI is InChI=1S/C16H20BClO3S/c1-15(2)16(3,4)21-17(20-15)12(10-22)8-11-6-5-7-14(18)13(11)9-19/h5-9,22H,10H2,1-4H3. The fraction of sp³-hybridized carbons (Fsp3) is 0.438. The molecule has 3 nitrogen and oxygen atoms in total. The van der Waals surface area contributed by atoms with Crippen molar-refractivity contribution < 1.29 is 14.1 Å². The van der Waals surface area contributed by atoms with E-state index in [4.69, 9.17) is 20.9 Å². The minimum Gasteiger partial charge on any atom is -0.400 e. The highest BCUT2D eigenvalue weighted by Crippen LogP contribution is 2.39. The molecule has 0 bridgehead atoms. The summed E-state index contributed by atoms with van der Waals surface area (Å²) in [5, 5.41) is 0.427. The number of halogens is 1. The van der Waals surface area contributed by atoms with Crippen molar-refractivity contribution in [2.45, 2.75) is 38.9 Å². The molecule has 0 radical (unpaired) electrons. The van der Waals surface area contributed by atoms with Crippen LogP contribution >= 0.6 is 24.2 Å². The van der Waals surface area contributed by atoms with Gasteiger partial charge in [0.2, 0.25) is 0 Å². The molecule has 1 saturated heterocycles. The fourth-order valence-corrected chi connectivity index (χ4v) is 2.65. The summed E-state index contributed by atoms with van der Waals surface area (Å²) in [5.74, 6) is 0.460. The molecule has 118 valence electrons. The predicted molar refractivity (Wildman–Crippen MR) is 94.8 cm³/mol. The number of carbonyl (C=O) groups excluding carboxylic acids is 1. The van der Waals surface area contributed by atoms with E-state index < -0.39 is 18.3 Å². The molecule has 0 spiro atoms. The molecule has 2 rings (SSSR count). The van der Waals surface area contributed by atoms with Gasteiger partial charge in [-0.05, 0) is 44.8 Å². The number of hydrogen-bond acceptors (Lipinski definition) is 4. The molecule has 0 atom stereocenters. The van der Waals surface area contributed by atoms with Crippen LogP contribution in [-0.4, -0.2) is 30.4 Å². The highest BCUT2D eigenvalue weighted by molar-refractivity contribution is 7.80. The minimum atomic E-state index is -0.485. The summed E-state index contributed by atoms with van der Waals surface area (Å²) in [6.45, 7) is 8.00. The lowest BCUT2D eigenvalue weighted by Gasteiger charge is -2.32. The summed E-state index contributed by atoms with van der Waals surface area (Å²) in [6.07, 6.45) is 2.62. The van der Waals surface area contributed by atoms with E-state index in [2.05, 4.69) is 12.6 Å². The van der Waals surface area contributed by atoms with Gasteiger partial charge in [0.15, 0.2) is 6.29 Å². The van der Waals surface area contributed by atoms with E-state index >= 15 is 0 Å². The first kappa shape index (κ1) is 17.6. The number of rotatable bonds is 4. The van der Waals surface area contributed by atoms with Crippen molar-refractivity contribution in [1.82, 2.24) is 0 Å². The lowest BCUT2D eigenvalue weighted by molar-refractivity contribution is 0.00578. The minimum absolute atomic E-state index is 0.415. The molecule has 1 aliphatic rings. The topological polar surface area (TPSA) is 35.5 Å². The van der Waals surface area contributed by atoms with Gasteiger partial charge in [-0.3, -0.25) is 4.79 Å². The Kier molecular flexibility index (Phi) is 5.12. The Morgan fingerprint density at radius 1 is 1.27 bits per heavy atom. The Labute approximate surface area is 142 Å².